The number of nitrogens with zero attached hydrogens (tertiary/aromatic N) is 1. The Morgan fingerprint density at radius 2 is 1.93 bits per heavy atom. The van der Waals surface area contributed by atoms with Gasteiger partial charge >= 0.3 is 5.69 Å². The Kier molecular flexibility index (Phi) is 2.09. The summed E-state index contributed by atoms with van der Waals surface area (Å²) in [7, 11) is 0. The van der Waals surface area contributed by atoms with E-state index >= 15 is 0 Å². The number of nitrogens with one attached hydrogen (secondary N) is 2. The van der Waals surface area contributed by atoms with Crippen LogP contribution in [0.3, 0.4) is 0 Å². The first kappa shape index (κ1) is 9.20. The van der Waals surface area contributed by atoms with Crippen LogP contribution in [0.2, 0.25) is 0 Å². The van der Waals surface area contributed by atoms with Gasteiger partial charge in [0.15, 0.2) is 5.69 Å². The second kappa shape index (κ2) is 3.41. The third-order valence-corrected chi connectivity index (χ3v) is 1.93. The van der Waals surface area contributed by atoms with Crippen molar-refractivity contribution in [2.24, 2.45) is 0 Å². The maximum absolute atomic E-state index is 11.4. The molecule has 0 radical (unpaired) electrons. The molecule has 15 heavy (non-hydrogen) atoms. The van der Waals surface area contributed by atoms with Crippen LogP contribution in [-0.2, 0) is 0 Å². The van der Waals surface area contributed by atoms with Crippen molar-refractivity contribution >= 4 is 5.69 Å². The minimum Gasteiger partial charge on any atom is -0.398 e. The predicted molar refractivity (Wildman–Crippen MR) is 55.3 cm³/mol. The highest BCUT2D eigenvalue weighted by Crippen LogP contribution is 2.19. The molecule has 0 amide bonds. The van der Waals surface area contributed by atoms with E-state index in [0.29, 0.717) is 11.3 Å². The molecule has 1 aromatic carbocycles. The van der Waals surface area contributed by atoms with Crippen LogP contribution < -0.4 is 17.0 Å². The molecule has 2 rings (SSSR count). The average molecular weight is 204 g/mol. The zero-order valence-electron chi connectivity index (χ0n) is 7.65. The molecule has 0 aliphatic carbocycles. The second-order valence-corrected chi connectivity index (χ2v) is 2.94. The minimum atomic E-state index is -0.641. The summed E-state index contributed by atoms with van der Waals surface area (Å²) in [6.07, 6.45) is 0. The molecule has 2 aromatic rings. The first-order valence-corrected chi connectivity index (χ1v) is 4.22. The van der Waals surface area contributed by atoms with Gasteiger partial charge in [-0.3, -0.25) is 9.78 Å². The van der Waals surface area contributed by atoms with Gasteiger partial charge < -0.3 is 5.73 Å². The van der Waals surface area contributed by atoms with E-state index in [9.17, 15) is 9.59 Å². The highest BCUT2D eigenvalue weighted by Gasteiger charge is 2.07. The van der Waals surface area contributed by atoms with Crippen molar-refractivity contribution in [1.82, 2.24) is 15.2 Å². The summed E-state index contributed by atoms with van der Waals surface area (Å²) in [5, 5.41) is 5.80. The number of para-hydroxylation sites is 1. The van der Waals surface area contributed by atoms with Crippen LogP contribution in [0.4, 0.5) is 5.69 Å². The first-order chi connectivity index (χ1) is 7.18. The lowest BCUT2D eigenvalue weighted by molar-refractivity contribution is 0.898. The number of anilines is 1. The summed E-state index contributed by atoms with van der Waals surface area (Å²) >= 11 is 0. The zero-order chi connectivity index (χ0) is 10.8. The molecule has 1 heterocycles. The van der Waals surface area contributed by atoms with Gasteiger partial charge in [0.2, 0.25) is 0 Å². The number of aromatic nitrogens is 3. The van der Waals surface area contributed by atoms with Gasteiger partial charge in [-0.15, -0.1) is 0 Å². The zero-order valence-corrected chi connectivity index (χ0v) is 7.65. The molecule has 0 saturated heterocycles. The van der Waals surface area contributed by atoms with Crippen molar-refractivity contribution < 1.29 is 0 Å². The average Bonchev–Trinajstić information content (AvgIpc) is 2.20. The number of nitrogen functional groups attached to an aromatic ring is 1. The summed E-state index contributed by atoms with van der Waals surface area (Å²) < 4.78 is 0. The van der Waals surface area contributed by atoms with Crippen molar-refractivity contribution in [3.8, 4) is 11.3 Å². The summed E-state index contributed by atoms with van der Waals surface area (Å²) in [6, 6.07) is 6.80. The molecule has 6 heteroatoms. The summed E-state index contributed by atoms with van der Waals surface area (Å²) in [5.74, 6) is 0. The minimum absolute atomic E-state index is 0.104. The van der Waals surface area contributed by atoms with E-state index in [-0.39, 0.29) is 5.69 Å². The molecule has 0 atom stereocenters. The van der Waals surface area contributed by atoms with E-state index in [4.69, 9.17) is 5.73 Å². The Morgan fingerprint density at radius 1 is 1.20 bits per heavy atom. The van der Waals surface area contributed by atoms with Crippen LogP contribution in [0.1, 0.15) is 0 Å². The number of H-pyrrole nitrogens is 2. The standard InChI is InChI=1S/C9H8N4O2/c10-6-4-2-1-3-5(6)7-8(14)11-9(15)13-12-7/h1-4H,10H2,(H2,11,13,14,15). The third-order valence-electron chi connectivity index (χ3n) is 1.93. The fourth-order valence-corrected chi connectivity index (χ4v) is 1.24. The van der Waals surface area contributed by atoms with Crippen molar-refractivity contribution in [3.63, 3.8) is 0 Å². The molecule has 6 nitrogen and oxygen atoms in total. The number of hydrogen-bond acceptors (Lipinski definition) is 4. The monoisotopic (exact) mass is 204 g/mol. The maximum Gasteiger partial charge on any atom is 0.342 e. The SMILES string of the molecule is Nc1ccccc1-c1n[nH]c(=O)[nH]c1=O. The molecule has 4 N–H and O–H groups in total. The number of aromatic amines is 2. The van der Waals surface area contributed by atoms with Crippen molar-refractivity contribution in [1.29, 1.82) is 0 Å². The van der Waals surface area contributed by atoms with Crippen molar-refractivity contribution in [2.45, 2.75) is 0 Å². The number of hydrogen-bond donors (Lipinski definition) is 3. The third kappa shape index (κ3) is 1.64. The quantitative estimate of drug-likeness (QED) is 0.555. The molecule has 0 spiro atoms. The molecule has 0 saturated carbocycles. The smallest absolute Gasteiger partial charge is 0.342 e. The van der Waals surface area contributed by atoms with Gasteiger partial charge in [-0.05, 0) is 6.07 Å². The Labute approximate surface area is 83.8 Å². The fraction of sp³-hybridized carbons (Fsp3) is 0. The lowest BCUT2D eigenvalue weighted by Crippen LogP contribution is -2.25. The predicted octanol–water partition coefficient (Wildman–Crippen LogP) is -0.293. The fourth-order valence-electron chi connectivity index (χ4n) is 1.24. The molecule has 0 fully saturated rings. The van der Waals surface area contributed by atoms with Gasteiger partial charge in [-0.25, -0.2) is 9.89 Å². The number of rotatable bonds is 1. The van der Waals surface area contributed by atoms with Gasteiger partial charge in [0.1, 0.15) is 0 Å². The van der Waals surface area contributed by atoms with Crippen LogP contribution in [0.15, 0.2) is 33.9 Å². The van der Waals surface area contributed by atoms with Crippen LogP contribution in [0.5, 0.6) is 0 Å². The van der Waals surface area contributed by atoms with E-state index in [1.807, 2.05) is 0 Å². The highest BCUT2D eigenvalue weighted by molar-refractivity contribution is 5.72. The van der Waals surface area contributed by atoms with Crippen molar-refractivity contribution in [2.75, 3.05) is 5.73 Å². The lowest BCUT2D eigenvalue weighted by Gasteiger charge is -2.01. The van der Waals surface area contributed by atoms with Gasteiger partial charge in [-0.1, -0.05) is 18.2 Å². The molecular weight excluding hydrogens is 196 g/mol. The van der Waals surface area contributed by atoms with Gasteiger partial charge in [0.25, 0.3) is 5.56 Å². The van der Waals surface area contributed by atoms with E-state index in [2.05, 4.69) is 15.2 Å². The Hall–Kier alpha value is -2.37. The van der Waals surface area contributed by atoms with Crippen LogP contribution >= 0.6 is 0 Å². The normalized spacial score (nSPS) is 10.1. The molecule has 0 unspecified atom stereocenters. The molecule has 0 bridgehead atoms. The molecule has 0 aliphatic heterocycles. The maximum atomic E-state index is 11.4. The van der Waals surface area contributed by atoms with E-state index in [1.54, 1.807) is 24.3 Å². The molecule has 0 aliphatic rings. The van der Waals surface area contributed by atoms with Crippen LogP contribution in [0, 0.1) is 0 Å². The van der Waals surface area contributed by atoms with Gasteiger partial charge in [0.05, 0.1) is 0 Å². The summed E-state index contributed by atoms with van der Waals surface area (Å²) in [5.41, 5.74) is 5.51. The summed E-state index contributed by atoms with van der Waals surface area (Å²) in [6.45, 7) is 0. The Morgan fingerprint density at radius 3 is 2.60 bits per heavy atom. The molecule has 1 aromatic heterocycles. The largest absolute Gasteiger partial charge is 0.398 e. The van der Waals surface area contributed by atoms with Crippen molar-refractivity contribution in [3.05, 3.63) is 45.1 Å². The second-order valence-electron chi connectivity index (χ2n) is 2.94. The lowest BCUT2D eigenvalue weighted by atomic mass is 10.1. The summed E-state index contributed by atoms with van der Waals surface area (Å²) in [4.78, 5) is 24.2. The van der Waals surface area contributed by atoms with E-state index < -0.39 is 11.2 Å². The number of benzene rings is 1. The first-order valence-electron chi connectivity index (χ1n) is 4.22. The van der Waals surface area contributed by atoms with E-state index in [1.165, 1.54) is 0 Å². The molecular formula is C9H8N4O2. The van der Waals surface area contributed by atoms with Gasteiger partial charge in [0, 0.05) is 11.3 Å². The highest BCUT2D eigenvalue weighted by atomic mass is 16.2. The topological polar surface area (TPSA) is 105 Å². The Balaban J connectivity index is 2.70. The van der Waals surface area contributed by atoms with Crippen LogP contribution in [0.25, 0.3) is 11.3 Å². The van der Waals surface area contributed by atoms with Crippen LogP contribution in [-0.4, -0.2) is 15.2 Å². The van der Waals surface area contributed by atoms with Gasteiger partial charge in [-0.2, -0.15) is 5.10 Å². The Bertz CT molecular complexity index is 599. The molecule has 76 valence electrons. The van der Waals surface area contributed by atoms with E-state index in [0.717, 1.165) is 0 Å². The number of nitrogens with two attached hydrogens (primary N) is 1.